The second kappa shape index (κ2) is 5.55. The fraction of sp³-hybridized carbons (Fsp3) is 0.273. The number of hydrogen-bond donors (Lipinski definition) is 1. The van der Waals surface area contributed by atoms with E-state index in [1.54, 1.807) is 12.5 Å². The molecular weight excluding hydrogens is 222 g/mol. The molecule has 0 aliphatic rings. The van der Waals surface area contributed by atoms with E-state index in [1.165, 1.54) is 11.8 Å². The van der Waals surface area contributed by atoms with Crippen molar-refractivity contribution < 1.29 is 4.42 Å². The van der Waals surface area contributed by atoms with E-state index in [2.05, 4.69) is 22.2 Å². The predicted octanol–water partition coefficient (Wildman–Crippen LogP) is 3.04. The minimum absolute atomic E-state index is 0.611. The summed E-state index contributed by atoms with van der Waals surface area (Å²) in [7, 11) is 0. The van der Waals surface area contributed by atoms with E-state index in [4.69, 9.17) is 4.42 Å². The lowest BCUT2D eigenvalue weighted by Gasteiger charge is -2.04. The number of nitrogens with one attached hydrogen (secondary N) is 1. The van der Waals surface area contributed by atoms with Gasteiger partial charge < -0.3 is 9.73 Å². The van der Waals surface area contributed by atoms with Crippen molar-refractivity contribution in [3.8, 4) is 0 Å². The first-order valence-electron chi connectivity index (χ1n) is 5.17. The van der Waals surface area contributed by atoms with Crippen LogP contribution in [0, 0.1) is 0 Å². The van der Waals surface area contributed by atoms with E-state index >= 15 is 0 Å². The van der Waals surface area contributed by atoms with Gasteiger partial charge in [-0.2, -0.15) is 0 Å². The summed E-state index contributed by atoms with van der Waals surface area (Å²) in [5.74, 6) is 0.887. The first kappa shape index (κ1) is 11.0. The maximum atomic E-state index is 5.15. The van der Waals surface area contributed by atoms with Crippen LogP contribution in [0.25, 0.3) is 0 Å². The molecule has 0 amide bonds. The lowest BCUT2D eigenvalue weighted by atomic mass is 10.4. The van der Waals surface area contributed by atoms with Gasteiger partial charge in [-0.15, -0.1) is 0 Å². The fourth-order valence-corrected chi connectivity index (χ4v) is 1.86. The number of pyridine rings is 1. The minimum Gasteiger partial charge on any atom is -0.440 e. The molecule has 0 unspecified atom stereocenters. The molecule has 0 saturated heterocycles. The topological polar surface area (TPSA) is 51.0 Å². The molecule has 2 aromatic heterocycles. The van der Waals surface area contributed by atoms with Gasteiger partial charge in [0.1, 0.15) is 17.1 Å². The van der Waals surface area contributed by atoms with Gasteiger partial charge in [-0.05, 0) is 30.3 Å². The number of nitrogens with zero attached hydrogens (tertiary/aromatic N) is 2. The van der Waals surface area contributed by atoms with E-state index in [0.717, 1.165) is 23.8 Å². The summed E-state index contributed by atoms with van der Waals surface area (Å²) in [5.41, 5.74) is 0. The van der Waals surface area contributed by atoms with Gasteiger partial charge in [-0.1, -0.05) is 13.0 Å². The summed E-state index contributed by atoms with van der Waals surface area (Å²) < 4.78 is 5.15. The summed E-state index contributed by atoms with van der Waals surface area (Å²) in [4.78, 5) is 8.48. The highest BCUT2D eigenvalue weighted by atomic mass is 32.2. The average Bonchev–Trinajstić information content (AvgIpc) is 2.80. The zero-order valence-electron chi connectivity index (χ0n) is 9.01. The Morgan fingerprint density at radius 1 is 1.44 bits per heavy atom. The maximum Gasteiger partial charge on any atom is 0.261 e. The predicted molar refractivity (Wildman–Crippen MR) is 63.6 cm³/mol. The molecule has 0 aliphatic carbocycles. The van der Waals surface area contributed by atoms with Crippen molar-refractivity contribution in [1.82, 2.24) is 9.97 Å². The highest BCUT2D eigenvalue weighted by molar-refractivity contribution is 7.99. The van der Waals surface area contributed by atoms with E-state index in [0.29, 0.717) is 5.22 Å². The van der Waals surface area contributed by atoms with Crippen LogP contribution in [0.15, 0.2) is 45.3 Å². The third kappa shape index (κ3) is 3.00. The molecule has 2 aromatic rings. The van der Waals surface area contributed by atoms with Crippen molar-refractivity contribution >= 4 is 17.6 Å². The monoisotopic (exact) mass is 235 g/mol. The van der Waals surface area contributed by atoms with Crippen LogP contribution in [-0.4, -0.2) is 16.5 Å². The smallest absolute Gasteiger partial charge is 0.261 e. The molecule has 0 aromatic carbocycles. The molecule has 2 rings (SSSR count). The van der Waals surface area contributed by atoms with E-state index in [1.807, 2.05) is 18.2 Å². The molecule has 0 spiro atoms. The Balaban J connectivity index is 2.04. The molecule has 0 atom stereocenters. The summed E-state index contributed by atoms with van der Waals surface area (Å²) in [6, 6.07) is 5.86. The lowest BCUT2D eigenvalue weighted by Crippen LogP contribution is -2.01. The third-order valence-corrected chi connectivity index (χ3v) is 2.69. The molecule has 16 heavy (non-hydrogen) atoms. The molecule has 0 bridgehead atoms. The Hall–Kier alpha value is -1.49. The molecular formula is C11H13N3OS. The standard InChI is InChI=1S/C11H13N3OS/c1-2-6-12-9-4-3-5-10(14-9)16-11-13-7-8-15-11/h3-5,7-8H,2,6H2,1H3,(H,12,14). The van der Waals surface area contributed by atoms with Crippen molar-refractivity contribution in [2.75, 3.05) is 11.9 Å². The van der Waals surface area contributed by atoms with Gasteiger partial charge >= 0.3 is 0 Å². The van der Waals surface area contributed by atoms with Crippen LogP contribution < -0.4 is 5.32 Å². The molecule has 2 heterocycles. The van der Waals surface area contributed by atoms with Gasteiger partial charge in [0.25, 0.3) is 5.22 Å². The molecule has 1 N–H and O–H groups in total. The summed E-state index contributed by atoms with van der Waals surface area (Å²) in [6.45, 7) is 3.05. The van der Waals surface area contributed by atoms with Crippen LogP contribution in [0.5, 0.6) is 0 Å². The molecule has 0 aliphatic heterocycles. The van der Waals surface area contributed by atoms with Crippen LogP contribution in [0.4, 0.5) is 5.82 Å². The largest absolute Gasteiger partial charge is 0.440 e. The molecule has 0 fully saturated rings. The van der Waals surface area contributed by atoms with Crippen molar-refractivity contribution in [3.63, 3.8) is 0 Å². The number of rotatable bonds is 5. The van der Waals surface area contributed by atoms with Gasteiger partial charge in [-0.25, -0.2) is 9.97 Å². The van der Waals surface area contributed by atoms with E-state index in [-0.39, 0.29) is 0 Å². The SMILES string of the molecule is CCCNc1cccc(Sc2ncco2)n1. The Kier molecular flexibility index (Phi) is 3.82. The Morgan fingerprint density at radius 3 is 3.12 bits per heavy atom. The molecule has 84 valence electrons. The highest BCUT2D eigenvalue weighted by Gasteiger charge is 2.03. The molecule has 0 radical (unpaired) electrons. The van der Waals surface area contributed by atoms with Crippen LogP contribution in [0.2, 0.25) is 0 Å². The van der Waals surface area contributed by atoms with E-state index in [9.17, 15) is 0 Å². The van der Waals surface area contributed by atoms with Gasteiger partial charge in [-0.3, -0.25) is 0 Å². The summed E-state index contributed by atoms with van der Waals surface area (Å²) >= 11 is 1.41. The number of hydrogen-bond acceptors (Lipinski definition) is 5. The van der Waals surface area contributed by atoms with Crippen LogP contribution in [-0.2, 0) is 0 Å². The lowest BCUT2D eigenvalue weighted by molar-refractivity contribution is 0.454. The molecule has 4 nitrogen and oxygen atoms in total. The van der Waals surface area contributed by atoms with E-state index < -0.39 is 0 Å². The quantitative estimate of drug-likeness (QED) is 0.863. The summed E-state index contributed by atoms with van der Waals surface area (Å²) in [6.07, 6.45) is 4.27. The molecule has 5 heteroatoms. The Labute approximate surface area is 98.5 Å². The first-order chi connectivity index (χ1) is 7.88. The normalized spacial score (nSPS) is 10.3. The van der Waals surface area contributed by atoms with Crippen LogP contribution >= 0.6 is 11.8 Å². The maximum absolute atomic E-state index is 5.15. The van der Waals surface area contributed by atoms with Gasteiger partial charge in [0.2, 0.25) is 0 Å². The second-order valence-electron chi connectivity index (χ2n) is 3.19. The third-order valence-electron chi connectivity index (χ3n) is 1.88. The van der Waals surface area contributed by atoms with Crippen LogP contribution in [0.1, 0.15) is 13.3 Å². The zero-order valence-corrected chi connectivity index (χ0v) is 9.83. The fourth-order valence-electron chi connectivity index (χ4n) is 1.17. The summed E-state index contributed by atoms with van der Waals surface area (Å²) in [5, 5.41) is 4.73. The zero-order chi connectivity index (χ0) is 11.2. The van der Waals surface area contributed by atoms with Crippen molar-refractivity contribution in [1.29, 1.82) is 0 Å². The number of aromatic nitrogens is 2. The Bertz CT molecular complexity index is 431. The van der Waals surface area contributed by atoms with Crippen LogP contribution in [0.3, 0.4) is 0 Å². The number of oxazole rings is 1. The van der Waals surface area contributed by atoms with Crippen molar-refractivity contribution in [3.05, 3.63) is 30.7 Å². The van der Waals surface area contributed by atoms with Gasteiger partial charge in [0.05, 0.1) is 6.20 Å². The molecule has 0 saturated carbocycles. The second-order valence-corrected chi connectivity index (χ2v) is 4.16. The average molecular weight is 235 g/mol. The first-order valence-corrected chi connectivity index (χ1v) is 5.98. The van der Waals surface area contributed by atoms with Gasteiger partial charge in [0, 0.05) is 6.54 Å². The van der Waals surface area contributed by atoms with Crippen molar-refractivity contribution in [2.45, 2.75) is 23.6 Å². The highest BCUT2D eigenvalue weighted by Crippen LogP contribution is 2.24. The van der Waals surface area contributed by atoms with Gasteiger partial charge in [0.15, 0.2) is 0 Å². The number of anilines is 1. The Morgan fingerprint density at radius 2 is 2.38 bits per heavy atom. The minimum atomic E-state index is 0.611. The van der Waals surface area contributed by atoms with Crippen molar-refractivity contribution in [2.24, 2.45) is 0 Å².